The molecular weight excluding hydrogens is 411 g/mol. The number of halogens is 4. The Balaban J connectivity index is 1.77. The molecule has 0 fully saturated rings. The maximum atomic E-state index is 12.6. The highest BCUT2D eigenvalue weighted by molar-refractivity contribution is 6.34. The summed E-state index contributed by atoms with van der Waals surface area (Å²) in [5.74, 6) is -0.467. The van der Waals surface area contributed by atoms with Gasteiger partial charge in [-0.15, -0.1) is 0 Å². The second-order valence-electron chi connectivity index (χ2n) is 5.86. The van der Waals surface area contributed by atoms with Gasteiger partial charge in [-0.1, -0.05) is 41.4 Å². The number of amides is 1. The van der Waals surface area contributed by atoms with Crippen LogP contribution in [-0.4, -0.2) is 22.3 Å². The Kier molecular flexibility index (Phi) is 6.16. The fourth-order valence-electron chi connectivity index (χ4n) is 2.62. The maximum Gasteiger partial charge on any atom is 0.387 e. The van der Waals surface area contributed by atoms with Crippen LogP contribution >= 0.6 is 23.2 Å². The van der Waals surface area contributed by atoms with Gasteiger partial charge in [-0.05, 0) is 42.8 Å². The van der Waals surface area contributed by atoms with E-state index >= 15 is 0 Å². The number of hydrogen-bond acceptors (Lipinski definition) is 3. The fourth-order valence-corrected chi connectivity index (χ4v) is 3.13. The first-order valence-electron chi connectivity index (χ1n) is 8.17. The summed E-state index contributed by atoms with van der Waals surface area (Å²) in [6.45, 7) is -0.929. The molecule has 2 aromatic carbocycles. The molecule has 0 saturated carbocycles. The van der Waals surface area contributed by atoms with Gasteiger partial charge in [0.1, 0.15) is 10.9 Å². The van der Waals surface area contributed by atoms with E-state index in [1.165, 1.54) is 28.9 Å². The summed E-state index contributed by atoms with van der Waals surface area (Å²) in [6, 6.07) is 12.8. The van der Waals surface area contributed by atoms with Crippen molar-refractivity contribution in [3.63, 3.8) is 0 Å². The number of benzene rings is 2. The minimum absolute atomic E-state index is 0.00484. The van der Waals surface area contributed by atoms with E-state index in [0.29, 0.717) is 22.9 Å². The van der Waals surface area contributed by atoms with Crippen LogP contribution in [0, 0.1) is 6.92 Å². The van der Waals surface area contributed by atoms with Gasteiger partial charge in [0.15, 0.2) is 0 Å². The van der Waals surface area contributed by atoms with Gasteiger partial charge in [0.25, 0.3) is 5.91 Å². The molecule has 1 aromatic heterocycles. The Bertz CT molecular complexity index is 991. The van der Waals surface area contributed by atoms with Crippen molar-refractivity contribution >= 4 is 34.8 Å². The van der Waals surface area contributed by atoms with E-state index in [-0.39, 0.29) is 16.5 Å². The van der Waals surface area contributed by atoms with Gasteiger partial charge in [-0.2, -0.15) is 13.9 Å². The molecule has 0 aliphatic rings. The molecule has 0 bridgehead atoms. The Hall–Kier alpha value is -2.64. The van der Waals surface area contributed by atoms with Crippen LogP contribution in [0.4, 0.5) is 14.5 Å². The molecule has 0 aliphatic heterocycles. The SMILES string of the molecule is Cc1nn(Cc2ccccc2Cl)c(Cl)c1C(=O)Nc1ccc(OC(F)F)cc1. The molecule has 0 saturated heterocycles. The third-order valence-corrected chi connectivity index (χ3v) is 4.66. The highest BCUT2D eigenvalue weighted by Crippen LogP contribution is 2.25. The van der Waals surface area contributed by atoms with Crippen LogP contribution in [0.2, 0.25) is 10.2 Å². The first-order valence-corrected chi connectivity index (χ1v) is 8.93. The van der Waals surface area contributed by atoms with Gasteiger partial charge in [0, 0.05) is 10.7 Å². The molecule has 1 amide bonds. The molecule has 28 heavy (non-hydrogen) atoms. The van der Waals surface area contributed by atoms with E-state index in [1.54, 1.807) is 13.0 Å². The molecule has 0 spiro atoms. The lowest BCUT2D eigenvalue weighted by molar-refractivity contribution is -0.0498. The topological polar surface area (TPSA) is 56.2 Å². The maximum absolute atomic E-state index is 12.6. The number of hydrogen-bond donors (Lipinski definition) is 1. The molecule has 1 heterocycles. The number of aryl methyl sites for hydroxylation is 1. The van der Waals surface area contributed by atoms with Crippen molar-refractivity contribution in [2.24, 2.45) is 0 Å². The Morgan fingerprint density at radius 3 is 2.50 bits per heavy atom. The quantitative estimate of drug-likeness (QED) is 0.574. The second-order valence-corrected chi connectivity index (χ2v) is 6.62. The summed E-state index contributed by atoms with van der Waals surface area (Å²) < 4.78 is 30.2. The van der Waals surface area contributed by atoms with E-state index < -0.39 is 12.5 Å². The van der Waals surface area contributed by atoms with Crippen molar-refractivity contribution in [1.82, 2.24) is 9.78 Å². The average molecular weight is 426 g/mol. The summed E-state index contributed by atoms with van der Waals surface area (Å²) in [4.78, 5) is 12.6. The Morgan fingerprint density at radius 1 is 1.18 bits per heavy atom. The van der Waals surface area contributed by atoms with Crippen molar-refractivity contribution in [1.29, 1.82) is 0 Å². The van der Waals surface area contributed by atoms with Gasteiger partial charge in [-0.3, -0.25) is 4.79 Å². The number of nitrogens with zero attached hydrogens (tertiary/aromatic N) is 2. The monoisotopic (exact) mass is 425 g/mol. The van der Waals surface area contributed by atoms with Crippen LogP contribution in [0.25, 0.3) is 0 Å². The number of aromatic nitrogens is 2. The number of ether oxygens (including phenoxy) is 1. The van der Waals surface area contributed by atoms with Crippen molar-refractivity contribution < 1.29 is 18.3 Å². The van der Waals surface area contributed by atoms with Crippen LogP contribution in [0.5, 0.6) is 5.75 Å². The first kappa shape index (κ1) is 20.1. The van der Waals surface area contributed by atoms with E-state index in [4.69, 9.17) is 23.2 Å². The summed E-state index contributed by atoms with van der Waals surface area (Å²) >= 11 is 12.5. The lowest BCUT2D eigenvalue weighted by Gasteiger charge is -2.08. The number of carbonyl (C=O) groups is 1. The van der Waals surface area contributed by atoms with Gasteiger partial charge >= 0.3 is 6.61 Å². The molecule has 3 aromatic rings. The van der Waals surface area contributed by atoms with Crippen LogP contribution in [-0.2, 0) is 6.54 Å². The summed E-state index contributed by atoms with van der Waals surface area (Å²) in [5, 5.41) is 7.73. The highest BCUT2D eigenvalue weighted by atomic mass is 35.5. The molecule has 0 aliphatic carbocycles. The summed E-state index contributed by atoms with van der Waals surface area (Å²) in [5.41, 5.74) is 1.89. The zero-order valence-corrected chi connectivity index (χ0v) is 16.1. The van der Waals surface area contributed by atoms with Gasteiger partial charge in [0.05, 0.1) is 17.8 Å². The molecule has 3 rings (SSSR count). The molecule has 0 radical (unpaired) electrons. The molecular formula is C19H15Cl2F2N3O2. The third kappa shape index (κ3) is 4.61. The predicted molar refractivity (Wildman–Crippen MR) is 104 cm³/mol. The van der Waals surface area contributed by atoms with Crippen molar-refractivity contribution in [2.75, 3.05) is 5.32 Å². The van der Waals surface area contributed by atoms with E-state index in [0.717, 1.165) is 5.56 Å². The van der Waals surface area contributed by atoms with Gasteiger partial charge < -0.3 is 10.1 Å². The number of anilines is 1. The van der Waals surface area contributed by atoms with Crippen molar-refractivity contribution in [3.8, 4) is 5.75 Å². The second kappa shape index (κ2) is 8.58. The van der Waals surface area contributed by atoms with Crippen molar-refractivity contribution in [2.45, 2.75) is 20.1 Å². The molecule has 146 valence electrons. The largest absolute Gasteiger partial charge is 0.435 e. The van der Waals surface area contributed by atoms with E-state index in [1.807, 2.05) is 18.2 Å². The predicted octanol–water partition coefficient (Wildman–Crippen LogP) is 5.40. The van der Waals surface area contributed by atoms with Gasteiger partial charge in [0.2, 0.25) is 0 Å². The zero-order chi connectivity index (χ0) is 20.3. The average Bonchev–Trinajstić information content (AvgIpc) is 2.92. The van der Waals surface area contributed by atoms with Gasteiger partial charge in [-0.25, -0.2) is 4.68 Å². The molecule has 5 nitrogen and oxygen atoms in total. The number of alkyl halides is 2. The smallest absolute Gasteiger partial charge is 0.387 e. The molecule has 0 atom stereocenters. The summed E-state index contributed by atoms with van der Waals surface area (Å²) in [6.07, 6.45) is 0. The normalized spacial score (nSPS) is 10.9. The van der Waals surface area contributed by atoms with E-state index in [2.05, 4.69) is 15.2 Å². The molecule has 1 N–H and O–H groups in total. The van der Waals surface area contributed by atoms with Crippen LogP contribution < -0.4 is 10.1 Å². The molecule has 0 unspecified atom stereocenters. The number of nitrogens with one attached hydrogen (secondary N) is 1. The Morgan fingerprint density at radius 2 is 1.86 bits per heavy atom. The highest BCUT2D eigenvalue weighted by Gasteiger charge is 2.21. The fraction of sp³-hybridized carbons (Fsp3) is 0.158. The lowest BCUT2D eigenvalue weighted by Crippen LogP contribution is -2.13. The van der Waals surface area contributed by atoms with Crippen LogP contribution in [0.1, 0.15) is 21.6 Å². The minimum atomic E-state index is -2.91. The van der Waals surface area contributed by atoms with E-state index in [9.17, 15) is 13.6 Å². The standard InChI is InChI=1S/C19H15Cl2F2N3O2/c1-11-16(17(21)26(25-11)10-12-4-2-3-5-15(12)20)18(27)24-13-6-8-14(9-7-13)28-19(22)23/h2-9,19H,10H2,1H3,(H,24,27). The lowest BCUT2D eigenvalue weighted by atomic mass is 10.2. The third-order valence-electron chi connectivity index (χ3n) is 3.91. The number of rotatable bonds is 6. The first-order chi connectivity index (χ1) is 13.3. The number of carbonyl (C=O) groups excluding carboxylic acids is 1. The Labute approximate surface area is 169 Å². The van der Waals surface area contributed by atoms with Crippen LogP contribution in [0.15, 0.2) is 48.5 Å². The zero-order valence-electron chi connectivity index (χ0n) is 14.6. The minimum Gasteiger partial charge on any atom is -0.435 e. The summed E-state index contributed by atoms with van der Waals surface area (Å²) in [7, 11) is 0. The molecule has 9 heteroatoms. The van der Waals surface area contributed by atoms with Crippen molar-refractivity contribution in [3.05, 3.63) is 75.5 Å². The van der Waals surface area contributed by atoms with Crippen LogP contribution in [0.3, 0.4) is 0 Å².